The van der Waals surface area contributed by atoms with E-state index in [1.54, 1.807) is 0 Å². The first-order valence-electron chi connectivity index (χ1n) is 5.00. The number of aliphatic carboxylic acids is 1. The highest BCUT2D eigenvalue weighted by molar-refractivity contribution is 7.90. The smallest absolute Gasteiger partial charge is 0.311 e. The zero-order valence-electron chi connectivity index (χ0n) is 9.33. The second-order valence-corrected chi connectivity index (χ2v) is 5.76. The average Bonchev–Trinajstić information content (AvgIpc) is 2.24. The van der Waals surface area contributed by atoms with Crippen molar-refractivity contribution >= 4 is 15.8 Å². The lowest BCUT2D eigenvalue weighted by atomic mass is 9.96. The summed E-state index contributed by atoms with van der Waals surface area (Å²) >= 11 is 0. The third-order valence-corrected chi connectivity index (χ3v) is 3.55. The molecule has 0 bridgehead atoms. The Labute approximate surface area is 99.6 Å². The van der Waals surface area contributed by atoms with Crippen molar-refractivity contribution in [3.8, 4) is 0 Å². The van der Waals surface area contributed by atoms with E-state index in [1.807, 2.05) is 0 Å². The normalized spacial score (nSPS) is 13.3. The van der Waals surface area contributed by atoms with Crippen LogP contribution in [0.25, 0.3) is 0 Å². The second-order valence-electron chi connectivity index (χ2n) is 3.74. The highest BCUT2D eigenvalue weighted by atomic mass is 32.2. The molecule has 0 aliphatic carbocycles. The molecule has 0 fully saturated rings. The van der Waals surface area contributed by atoms with Gasteiger partial charge in [0.15, 0.2) is 9.84 Å². The van der Waals surface area contributed by atoms with Crippen molar-refractivity contribution < 1.29 is 23.4 Å². The van der Waals surface area contributed by atoms with E-state index >= 15 is 0 Å². The summed E-state index contributed by atoms with van der Waals surface area (Å²) in [4.78, 5) is 11.1. The highest BCUT2D eigenvalue weighted by Crippen LogP contribution is 2.21. The summed E-state index contributed by atoms with van der Waals surface area (Å²) in [6.07, 6.45) is 1.19. The molecule has 0 aliphatic heterocycles. The van der Waals surface area contributed by atoms with E-state index in [4.69, 9.17) is 10.2 Å². The van der Waals surface area contributed by atoms with Gasteiger partial charge in [-0.15, -0.1) is 0 Å². The quantitative estimate of drug-likeness (QED) is 0.808. The van der Waals surface area contributed by atoms with E-state index in [0.717, 1.165) is 6.26 Å². The number of hydrogen-bond donors (Lipinski definition) is 2. The number of hydrogen-bond acceptors (Lipinski definition) is 4. The van der Waals surface area contributed by atoms with Crippen molar-refractivity contribution in [3.63, 3.8) is 0 Å². The highest BCUT2D eigenvalue weighted by Gasteiger charge is 2.19. The summed E-state index contributed by atoms with van der Waals surface area (Å²) in [5.74, 6) is -1.85. The second kappa shape index (κ2) is 5.29. The molecule has 0 amide bonds. The van der Waals surface area contributed by atoms with Crippen LogP contribution in [0, 0.1) is 0 Å². The zero-order chi connectivity index (χ0) is 13.1. The van der Waals surface area contributed by atoms with Crippen molar-refractivity contribution in [3.05, 3.63) is 29.8 Å². The van der Waals surface area contributed by atoms with Crippen molar-refractivity contribution in [1.82, 2.24) is 0 Å². The van der Waals surface area contributed by atoms with Gasteiger partial charge in [0.2, 0.25) is 0 Å². The molecule has 17 heavy (non-hydrogen) atoms. The predicted octanol–water partition coefficient (Wildman–Crippen LogP) is 0.641. The Morgan fingerprint density at radius 1 is 1.29 bits per heavy atom. The van der Waals surface area contributed by atoms with E-state index in [1.165, 1.54) is 24.3 Å². The Morgan fingerprint density at radius 2 is 1.82 bits per heavy atom. The Bertz CT molecular complexity index is 489. The Morgan fingerprint density at radius 3 is 2.18 bits per heavy atom. The molecule has 0 aliphatic rings. The van der Waals surface area contributed by atoms with Crippen molar-refractivity contribution in [2.24, 2.45) is 0 Å². The monoisotopic (exact) mass is 258 g/mol. The van der Waals surface area contributed by atoms with E-state index < -0.39 is 21.7 Å². The molecule has 0 spiro atoms. The number of aliphatic hydroxyl groups is 1. The average molecular weight is 258 g/mol. The lowest BCUT2D eigenvalue weighted by Gasteiger charge is -2.11. The first-order valence-corrected chi connectivity index (χ1v) is 6.89. The number of rotatable bonds is 5. The van der Waals surface area contributed by atoms with Crippen LogP contribution in [0.3, 0.4) is 0 Å². The van der Waals surface area contributed by atoms with Crippen molar-refractivity contribution in [2.45, 2.75) is 17.2 Å². The number of carboxylic acid groups (broad SMARTS) is 1. The van der Waals surface area contributed by atoms with Crippen LogP contribution in [0.4, 0.5) is 0 Å². The predicted molar refractivity (Wildman–Crippen MR) is 61.6 cm³/mol. The van der Waals surface area contributed by atoms with Gasteiger partial charge in [0, 0.05) is 12.9 Å². The largest absolute Gasteiger partial charge is 0.481 e. The van der Waals surface area contributed by atoms with Gasteiger partial charge in [0.25, 0.3) is 0 Å². The minimum Gasteiger partial charge on any atom is -0.481 e. The fraction of sp³-hybridized carbons (Fsp3) is 0.364. The fourth-order valence-corrected chi connectivity index (χ4v) is 2.14. The molecular weight excluding hydrogens is 244 g/mol. The van der Waals surface area contributed by atoms with Crippen LogP contribution in [-0.4, -0.2) is 37.5 Å². The van der Waals surface area contributed by atoms with E-state index in [0.29, 0.717) is 5.56 Å². The van der Waals surface area contributed by atoms with Crippen LogP contribution < -0.4 is 0 Å². The summed E-state index contributed by atoms with van der Waals surface area (Å²) < 4.78 is 22.4. The summed E-state index contributed by atoms with van der Waals surface area (Å²) in [6, 6.07) is 5.67. The van der Waals surface area contributed by atoms with Gasteiger partial charge < -0.3 is 10.2 Å². The maximum absolute atomic E-state index is 11.2. The molecule has 1 unspecified atom stereocenters. The third kappa shape index (κ3) is 3.54. The molecule has 1 aromatic rings. The summed E-state index contributed by atoms with van der Waals surface area (Å²) in [5.41, 5.74) is 0.485. The standard InChI is InChI=1S/C11H14O5S/c1-17(15,16)9-4-2-8(3-5-9)10(6-7-12)11(13)14/h2-5,10,12H,6-7H2,1H3,(H,13,14). The Kier molecular flexibility index (Phi) is 4.25. The molecule has 6 heteroatoms. The third-order valence-electron chi connectivity index (χ3n) is 2.43. The Balaban J connectivity index is 3.04. The summed E-state index contributed by atoms with van der Waals surface area (Å²) in [6.45, 7) is -0.231. The zero-order valence-corrected chi connectivity index (χ0v) is 10.1. The molecule has 1 aromatic carbocycles. The molecule has 0 saturated heterocycles. The van der Waals surface area contributed by atoms with Gasteiger partial charge in [-0.1, -0.05) is 12.1 Å². The number of carboxylic acids is 1. The number of carbonyl (C=O) groups is 1. The fourth-order valence-electron chi connectivity index (χ4n) is 1.51. The summed E-state index contributed by atoms with van der Waals surface area (Å²) in [5, 5.41) is 17.7. The number of aliphatic hydroxyl groups excluding tert-OH is 1. The minimum absolute atomic E-state index is 0.105. The molecule has 2 N–H and O–H groups in total. The summed E-state index contributed by atoms with van der Waals surface area (Å²) in [7, 11) is -3.27. The lowest BCUT2D eigenvalue weighted by molar-refractivity contribution is -0.139. The van der Waals surface area contributed by atoms with Gasteiger partial charge in [-0.25, -0.2) is 8.42 Å². The number of benzene rings is 1. The van der Waals surface area contributed by atoms with Crippen LogP contribution in [0.2, 0.25) is 0 Å². The van der Waals surface area contributed by atoms with Crippen LogP contribution in [-0.2, 0) is 14.6 Å². The molecule has 0 aromatic heterocycles. The first-order chi connectivity index (χ1) is 7.86. The SMILES string of the molecule is CS(=O)(=O)c1ccc(C(CCO)C(=O)O)cc1. The first kappa shape index (κ1) is 13.7. The molecule has 1 atom stereocenters. The molecule has 0 saturated carbocycles. The molecule has 0 radical (unpaired) electrons. The van der Waals surface area contributed by atoms with Crippen molar-refractivity contribution in [2.75, 3.05) is 12.9 Å². The number of sulfone groups is 1. The van der Waals surface area contributed by atoms with Gasteiger partial charge in [-0.2, -0.15) is 0 Å². The molecule has 5 nitrogen and oxygen atoms in total. The van der Waals surface area contributed by atoms with Gasteiger partial charge in [0.1, 0.15) is 0 Å². The van der Waals surface area contributed by atoms with E-state index in [9.17, 15) is 13.2 Å². The van der Waals surface area contributed by atoms with Crippen LogP contribution in [0.15, 0.2) is 29.2 Å². The van der Waals surface area contributed by atoms with Crippen molar-refractivity contribution in [1.29, 1.82) is 0 Å². The Hall–Kier alpha value is -1.40. The molecule has 94 valence electrons. The van der Waals surface area contributed by atoms with E-state index in [-0.39, 0.29) is 17.9 Å². The maximum Gasteiger partial charge on any atom is 0.311 e. The van der Waals surface area contributed by atoms with Crippen LogP contribution >= 0.6 is 0 Å². The van der Waals surface area contributed by atoms with Gasteiger partial charge >= 0.3 is 5.97 Å². The van der Waals surface area contributed by atoms with E-state index in [2.05, 4.69) is 0 Å². The maximum atomic E-state index is 11.2. The molecule has 0 heterocycles. The lowest BCUT2D eigenvalue weighted by Crippen LogP contribution is -2.13. The molecule has 1 rings (SSSR count). The van der Waals surface area contributed by atoms with Gasteiger partial charge in [0.05, 0.1) is 10.8 Å². The van der Waals surface area contributed by atoms with Crippen LogP contribution in [0.1, 0.15) is 17.9 Å². The topological polar surface area (TPSA) is 91.7 Å². The minimum atomic E-state index is -3.27. The molecular formula is C11H14O5S. The van der Waals surface area contributed by atoms with Gasteiger partial charge in [-0.05, 0) is 24.1 Å². The van der Waals surface area contributed by atoms with Gasteiger partial charge in [-0.3, -0.25) is 4.79 Å². The van der Waals surface area contributed by atoms with Crippen LogP contribution in [0.5, 0.6) is 0 Å².